The molecule has 1 fully saturated rings. The molecule has 26 heavy (non-hydrogen) atoms. The van der Waals surface area contributed by atoms with Crippen molar-refractivity contribution in [1.29, 1.82) is 0 Å². The normalized spacial score (nSPS) is 16.6. The van der Waals surface area contributed by atoms with E-state index in [0.717, 1.165) is 28.9 Å². The molecule has 0 aromatic heterocycles. The molecule has 5 N–H and O–H groups in total. The maximum atomic E-state index is 12.5. The molecule has 2 aliphatic heterocycles. The molecule has 2 aromatic carbocycles. The molecule has 2 aliphatic rings. The molecule has 0 saturated carbocycles. The van der Waals surface area contributed by atoms with Crippen molar-refractivity contribution < 1.29 is 9.59 Å². The van der Waals surface area contributed by atoms with Crippen molar-refractivity contribution in [3.05, 3.63) is 59.2 Å². The van der Waals surface area contributed by atoms with Gasteiger partial charge in [0.25, 0.3) is 5.91 Å². The monoisotopic (exact) mass is 352 g/mol. The Morgan fingerprint density at radius 1 is 1.08 bits per heavy atom. The summed E-state index contributed by atoms with van der Waals surface area (Å²) in [6, 6.07) is 13.0. The fraction of sp³-hybridized carbons (Fsp3) is 0.222. The molecule has 8 nitrogen and oxygen atoms in total. The Labute approximate surface area is 150 Å². The average molecular weight is 352 g/mol. The summed E-state index contributed by atoms with van der Waals surface area (Å²) in [6.45, 7) is 2.26. The number of fused-ring (bicyclic) bond motifs is 1. The second kappa shape index (κ2) is 6.85. The predicted octanol–water partition coefficient (Wildman–Crippen LogP) is 0.964. The summed E-state index contributed by atoms with van der Waals surface area (Å²) in [4.78, 5) is 25.9. The number of hydrazine groups is 3. The lowest BCUT2D eigenvalue weighted by atomic mass is 10.1. The van der Waals surface area contributed by atoms with Crippen LogP contribution in [0.1, 0.15) is 34.6 Å². The number of anilines is 2. The van der Waals surface area contributed by atoms with Crippen molar-refractivity contribution in [1.82, 2.24) is 21.9 Å². The number of hydrogen-bond donors (Lipinski definition) is 5. The van der Waals surface area contributed by atoms with Gasteiger partial charge in [0.2, 0.25) is 5.91 Å². The van der Waals surface area contributed by atoms with E-state index in [-0.39, 0.29) is 18.0 Å². The molecule has 0 aliphatic carbocycles. The van der Waals surface area contributed by atoms with Gasteiger partial charge in [0.15, 0.2) is 0 Å². The van der Waals surface area contributed by atoms with Crippen molar-refractivity contribution >= 4 is 23.2 Å². The van der Waals surface area contributed by atoms with Gasteiger partial charge in [-0.2, -0.15) is 11.1 Å². The zero-order valence-electron chi connectivity index (χ0n) is 14.3. The van der Waals surface area contributed by atoms with E-state index in [2.05, 4.69) is 27.2 Å². The van der Waals surface area contributed by atoms with Crippen molar-refractivity contribution in [2.24, 2.45) is 0 Å². The molecule has 0 radical (unpaired) electrons. The fourth-order valence-electron chi connectivity index (χ4n) is 3.26. The van der Waals surface area contributed by atoms with Crippen LogP contribution in [-0.4, -0.2) is 18.4 Å². The topological polar surface area (TPSA) is 97.5 Å². The summed E-state index contributed by atoms with van der Waals surface area (Å²) in [5, 5.41) is 2.92. The minimum atomic E-state index is -0.165. The lowest BCUT2D eigenvalue weighted by Crippen LogP contribution is -2.33. The second-order valence-corrected chi connectivity index (χ2v) is 6.31. The van der Waals surface area contributed by atoms with Crippen LogP contribution in [0.15, 0.2) is 42.5 Å². The predicted molar refractivity (Wildman–Crippen MR) is 97.9 cm³/mol. The van der Waals surface area contributed by atoms with Crippen LogP contribution in [0.25, 0.3) is 0 Å². The maximum absolute atomic E-state index is 12.5. The molecule has 4 rings (SSSR count). The molecule has 0 bridgehead atoms. The van der Waals surface area contributed by atoms with Crippen LogP contribution < -0.4 is 32.1 Å². The molecule has 2 amide bonds. The third kappa shape index (κ3) is 3.18. The summed E-state index contributed by atoms with van der Waals surface area (Å²) in [6.07, 6.45) is 0.740. The summed E-state index contributed by atoms with van der Waals surface area (Å²) in [5.74, 6) is -0.126. The van der Waals surface area contributed by atoms with Crippen molar-refractivity contribution in [3.8, 4) is 0 Å². The summed E-state index contributed by atoms with van der Waals surface area (Å²) >= 11 is 0. The van der Waals surface area contributed by atoms with E-state index in [4.69, 9.17) is 0 Å². The number of carbonyl (C=O) groups excluding carboxylic acids is 2. The van der Waals surface area contributed by atoms with E-state index in [1.807, 2.05) is 30.3 Å². The number of rotatable bonds is 3. The lowest BCUT2D eigenvalue weighted by Gasteiger charge is -2.15. The first-order valence-electron chi connectivity index (χ1n) is 8.45. The van der Waals surface area contributed by atoms with Gasteiger partial charge >= 0.3 is 0 Å². The van der Waals surface area contributed by atoms with E-state index in [9.17, 15) is 9.59 Å². The highest BCUT2D eigenvalue weighted by molar-refractivity contribution is 6.04. The smallest absolute Gasteiger partial charge is 0.255 e. The molecule has 0 atom stereocenters. The molecule has 2 aromatic rings. The molecule has 1 saturated heterocycles. The Bertz CT molecular complexity index is 845. The minimum absolute atomic E-state index is 0.0391. The zero-order chi connectivity index (χ0) is 18.1. The van der Waals surface area contributed by atoms with Crippen molar-refractivity contribution in [3.63, 3.8) is 0 Å². The minimum Gasteiger partial charge on any atom is -0.322 e. The quantitative estimate of drug-likeness (QED) is 0.565. The van der Waals surface area contributed by atoms with Gasteiger partial charge in [-0.15, -0.1) is 0 Å². The molecular formula is C18H20N6O2. The molecule has 0 spiro atoms. The Morgan fingerprint density at radius 2 is 1.81 bits per heavy atom. The average Bonchev–Trinajstić information content (AvgIpc) is 3.31. The van der Waals surface area contributed by atoms with Crippen LogP contribution in [0.4, 0.5) is 11.4 Å². The third-order valence-corrected chi connectivity index (χ3v) is 4.61. The van der Waals surface area contributed by atoms with Crippen LogP contribution in [0, 0.1) is 0 Å². The third-order valence-electron chi connectivity index (χ3n) is 4.61. The number of benzene rings is 2. The number of nitrogens with zero attached hydrogens (tertiary/aromatic N) is 1. The van der Waals surface area contributed by atoms with Crippen LogP contribution in [0.2, 0.25) is 0 Å². The van der Waals surface area contributed by atoms with Crippen LogP contribution in [0.5, 0.6) is 0 Å². The van der Waals surface area contributed by atoms with E-state index < -0.39 is 0 Å². The first-order valence-corrected chi connectivity index (χ1v) is 8.45. The largest absolute Gasteiger partial charge is 0.322 e. The highest BCUT2D eigenvalue weighted by Gasteiger charge is 2.22. The first kappa shape index (κ1) is 16.7. The summed E-state index contributed by atoms with van der Waals surface area (Å²) < 4.78 is 0. The standard InChI is InChI=1S/C18H20N6O2/c1-11(25)24-9-8-14-10-15(6-7-16(14)24)19-18(26)13-4-2-12(3-5-13)17-20-22-23-21-17/h2-7,10,17,20-23H,8-9H2,1H3,(H,19,26). The highest BCUT2D eigenvalue weighted by Crippen LogP contribution is 2.30. The Kier molecular flexibility index (Phi) is 4.39. The van der Waals surface area contributed by atoms with Crippen LogP contribution in [0.3, 0.4) is 0 Å². The number of hydrogen-bond acceptors (Lipinski definition) is 6. The number of nitrogens with one attached hydrogen (secondary N) is 5. The fourth-order valence-corrected chi connectivity index (χ4v) is 3.26. The molecule has 2 heterocycles. The molecule has 134 valence electrons. The lowest BCUT2D eigenvalue weighted by molar-refractivity contribution is -0.116. The number of carbonyl (C=O) groups is 2. The second-order valence-electron chi connectivity index (χ2n) is 6.31. The van der Waals surface area contributed by atoms with E-state index in [1.165, 1.54) is 0 Å². The van der Waals surface area contributed by atoms with Gasteiger partial charge in [0.05, 0.1) is 0 Å². The van der Waals surface area contributed by atoms with Crippen LogP contribution in [-0.2, 0) is 11.2 Å². The SMILES string of the molecule is CC(=O)N1CCc2cc(NC(=O)c3ccc(C4NNNN4)cc3)ccc21. The van der Waals surface area contributed by atoms with Crippen molar-refractivity contribution in [2.45, 2.75) is 19.5 Å². The molecular weight excluding hydrogens is 332 g/mol. The van der Waals surface area contributed by atoms with Gasteiger partial charge < -0.3 is 10.2 Å². The number of amides is 2. The van der Waals surface area contributed by atoms with E-state index in [0.29, 0.717) is 12.1 Å². The Balaban J connectivity index is 1.46. The first-order chi connectivity index (χ1) is 12.6. The Morgan fingerprint density at radius 3 is 2.50 bits per heavy atom. The highest BCUT2D eigenvalue weighted by atomic mass is 16.2. The van der Waals surface area contributed by atoms with Gasteiger partial charge in [-0.3, -0.25) is 9.59 Å². The van der Waals surface area contributed by atoms with Gasteiger partial charge in [0.1, 0.15) is 6.17 Å². The zero-order valence-corrected chi connectivity index (χ0v) is 14.3. The molecule has 0 unspecified atom stereocenters. The van der Waals surface area contributed by atoms with Gasteiger partial charge in [0, 0.05) is 30.4 Å². The summed E-state index contributed by atoms with van der Waals surface area (Å²) in [5.41, 5.74) is 15.8. The Hall–Kier alpha value is -2.78. The van der Waals surface area contributed by atoms with E-state index in [1.54, 1.807) is 24.0 Å². The van der Waals surface area contributed by atoms with Gasteiger partial charge in [-0.1, -0.05) is 12.1 Å². The summed E-state index contributed by atoms with van der Waals surface area (Å²) in [7, 11) is 0. The van der Waals surface area contributed by atoms with Gasteiger partial charge in [-0.05, 0) is 47.9 Å². The van der Waals surface area contributed by atoms with Crippen molar-refractivity contribution in [2.75, 3.05) is 16.8 Å². The van der Waals surface area contributed by atoms with Crippen LogP contribution >= 0.6 is 0 Å². The maximum Gasteiger partial charge on any atom is 0.255 e. The van der Waals surface area contributed by atoms with E-state index >= 15 is 0 Å². The van der Waals surface area contributed by atoms with Gasteiger partial charge in [-0.25, -0.2) is 10.9 Å². The molecule has 8 heteroatoms.